The first-order valence-electron chi connectivity index (χ1n) is 8.01. The number of rotatable bonds is 2. The number of hydrogen-bond donors (Lipinski definition) is 1. The number of amides is 1. The van der Waals surface area contributed by atoms with Gasteiger partial charge in [-0.15, -0.1) is 0 Å². The van der Waals surface area contributed by atoms with Gasteiger partial charge in [-0.05, 0) is 25.3 Å². The molecule has 1 aliphatic carbocycles. The first-order chi connectivity index (χ1) is 10.6. The summed E-state index contributed by atoms with van der Waals surface area (Å²) in [5.41, 5.74) is 3.28. The molecule has 1 amide bonds. The molecule has 2 aromatic rings. The Bertz CT molecular complexity index is 723. The van der Waals surface area contributed by atoms with Crippen LogP contribution in [0.4, 0.5) is 5.82 Å². The molecule has 0 bridgehead atoms. The smallest absolute Gasteiger partial charge is 0.226 e. The summed E-state index contributed by atoms with van der Waals surface area (Å²) in [7, 11) is 1.90. The van der Waals surface area contributed by atoms with E-state index in [1.165, 1.54) is 18.4 Å². The number of fused-ring (bicyclic) bond motifs is 1. The van der Waals surface area contributed by atoms with Crippen LogP contribution in [0.25, 0.3) is 0 Å². The molecule has 1 saturated carbocycles. The van der Waals surface area contributed by atoms with Gasteiger partial charge in [0.2, 0.25) is 5.91 Å². The number of carbonyl (C=O) groups is 1. The third-order valence-corrected chi connectivity index (χ3v) is 4.93. The van der Waals surface area contributed by atoms with Crippen LogP contribution in [0.5, 0.6) is 0 Å². The van der Waals surface area contributed by atoms with Gasteiger partial charge in [0.15, 0.2) is 0 Å². The highest BCUT2D eigenvalue weighted by Gasteiger charge is 2.34. The summed E-state index contributed by atoms with van der Waals surface area (Å²) in [5.74, 6) is 1.04. The summed E-state index contributed by atoms with van der Waals surface area (Å²) in [4.78, 5) is 12.2. The lowest BCUT2D eigenvalue weighted by Crippen LogP contribution is -2.25. The summed E-state index contributed by atoms with van der Waals surface area (Å²) >= 11 is 0. The van der Waals surface area contributed by atoms with Crippen molar-refractivity contribution in [3.05, 3.63) is 29.2 Å². The molecule has 6 nitrogen and oxygen atoms in total. The van der Waals surface area contributed by atoms with Crippen LogP contribution in [-0.2, 0) is 11.8 Å². The average Bonchev–Trinajstić information content (AvgIpc) is 3.19. The maximum absolute atomic E-state index is 12.2. The molecule has 116 valence electrons. The Labute approximate surface area is 129 Å². The van der Waals surface area contributed by atoms with Crippen molar-refractivity contribution < 1.29 is 4.79 Å². The maximum Gasteiger partial charge on any atom is 0.226 e. The zero-order chi connectivity index (χ0) is 15.3. The molecule has 0 aromatic carbocycles. The predicted octanol–water partition coefficient (Wildman–Crippen LogP) is 2.51. The standard InChI is InChI=1S/C16H21N5O/c1-10-15-13(11-8-17-20(2)9-11)7-14(22)18-16(15)21(19-10)12-5-3-4-6-12/h8-9,12-13H,3-7H2,1-2H3,(H,18,22). The van der Waals surface area contributed by atoms with E-state index in [2.05, 4.69) is 15.1 Å². The maximum atomic E-state index is 12.2. The van der Waals surface area contributed by atoms with E-state index in [1.54, 1.807) is 4.68 Å². The van der Waals surface area contributed by atoms with Crippen molar-refractivity contribution in [3.63, 3.8) is 0 Å². The molecule has 1 N–H and O–H groups in total. The number of aryl methyl sites for hydroxylation is 2. The normalized spacial score (nSPS) is 21.9. The van der Waals surface area contributed by atoms with Crippen molar-refractivity contribution in [3.8, 4) is 0 Å². The number of nitrogens with zero attached hydrogens (tertiary/aromatic N) is 4. The van der Waals surface area contributed by atoms with Crippen molar-refractivity contribution in [1.82, 2.24) is 19.6 Å². The van der Waals surface area contributed by atoms with Crippen LogP contribution in [0.1, 0.15) is 60.9 Å². The van der Waals surface area contributed by atoms with Gasteiger partial charge in [0, 0.05) is 31.1 Å². The molecule has 3 heterocycles. The predicted molar refractivity (Wildman–Crippen MR) is 82.8 cm³/mol. The Kier molecular flexibility index (Phi) is 3.06. The minimum atomic E-state index is 0.0626. The number of aromatic nitrogens is 4. The fraction of sp³-hybridized carbons (Fsp3) is 0.562. The van der Waals surface area contributed by atoms with Crippen molar-refractivity contribution in [2.24, 2.45) is 7.05 Å². The molecule has 1 unspecified atom stereocenters. The second-order valence-corrected chi connectivity index (χ2v) is 6.48. The molecular formula is C16H21N5O. The molecular weight excluding hydrogens is 278 g/mol. The largest absolute Gasteiger partial charge is 0.311 e. The van der Waals surface area contributed by atoms with E-state index in [9.17, 15) is 4.79 Å². The summed E-state index contributed by atoms with van der Waals surface area (Å²) in [6.45, 7) is 2.05. The summed E-state index contributed by atoms with van der Waals surface area (Å²) in [6.07, 6.45) is 9.13. The highest BCUT2D eigenvalue weighted by molar-refractivity contribution is 5.94. The SMILES string of the molecule is Cc1nn(C2CCCC2)c2c1C(c1cnn(C)c1)CC(=O)N2. The van der Waals surface area contributed by atoms with Gasteiger partial charge in [0.05, 0.1) is 17.9 Å². The molecule has 0 spiro atoms. The third-order valence-electron chi connectivity index (χ3n) is 4.93. The van der Waals surface area contributed by atoms with E-state index in [-0.39, 0.29) is 11.8 Å². The Morgan fingerprint density at radius 3 is 2.77 bits per heavy atom. The van der Waals surface area contributed by atoms with E-state index < -0.39 is 0 Å². The van der Waals surface area contributed by atoms with Crippen molar-refractivity contribution in [2.75, 3.05) is 5.32 Å². The van der Waals surface area contributed by atoms with E-state index in [0.29, 0.717) is 12.5 Å². The topological polar surface area (TPSA) is 64.7 Å². The lowest BCUT2D eigenvalue weighted by atomic mass is 9.87. The van der Waals surface area contributed by atoms with Crippen molar-refractivity contribution in [2.45, 2.75) is 51.0 Å². The van der Waals surface area contributed by atoms with Crippen molar-refractivity contribution in [1.29, 1.82) is 0 Å². The van der Waals surface area contributed by atoms with Crippen LogP contribution in [-0.4, -0.2) is 25.5 Å². The Hall–Kier alpha value is -2.11. The Balaban J connectivity index is 1.81. The first kappa shape index (κ1) is 13.5. The fourth-order valence-corrected chi connectivity index (χ4v) is 3.89. The molecule has 22 heavy (non-hydrogen) atoms. The van der Waals surface area contributed by atoms with Crippen LogP contribution in [0.15, 0.2) is 12.4 Å². The van der Waals surface area contributed by atoms with E-state index in [1.807, 2.05) is 26.4 Å². The molecule has 0 radical (unpaired) electrons. The highest BCUT2D eigenvalue weighted by Crippen LogP contribution is 2.42. The lowest BCUT2D eigenvalue weighted by molar-refractivity contribution is -0.116. The Morgan fingerprint density at radius 1 is 1.32 bits per heavy atom. The fourth-order valence-electron chi connectivity index (χ4n) is 3.89. The molecule has 0 saturated heterocycles. The molecule has 1 fully saturated rings. The van der Waals surface area contributed by atoms with Crippen LogP contribution < -0.4 is 5.32 Å². The molecule has 1 atom stereocenters. The van der Waals surface area contributed by atoms with Gasteiger partial charge in [0.25, 0.3) is 0 Å². The lowest BCUT2D eigenvalue weighted by Gasteiger charge is -2.24. The van der Waals surface area contributed by atoms with Gasteiger partial charge in [-0.25, -0.2) is 4.68 Å². The zero-order valence-corrected chi connectivity index (χ0v) is 13.0. The number of hydrogen-bond acceptors (Lipinski definition) is 3. The van der Waals surface area contributed by atoms with Crippen LogP contribution >= 0.6 is 0 Å². The minimum absolute atomic E-state index is 0.0626. The van der Waals surface area contributed by atoms with Crippen LogP contribution in [0, 0.1) is 6.92 Å². The summed E-state index contributed by atoms with van der Waals surface area (Å²) in [6, 6.07) is 0.426. The minimum Gasteiger partial charge on any atom is -0.311 e. The van der Waals surface area contributed by atoms with E-state index in [4.69, 9.17) is 5.10 Å². The first-order valence-corrected chi connectivity index (χ1v) is 8.01. The highest BCUT2D eigenvalue weighted by atomic mass is 16.1. The second-order valence-electron chi connectivity index (χ2n) is 6.48. The number of nitrogens with one attached hydrogen (secondary N) is 1. The molecule has 2 aliphatic rings. The third kappa shape index (κ3) is 2.05. The van der Waals surface area contributed by atoms with Crippen molar-refractivity contribution >= 4 is 11.7 Å². The van der Waals surface area contributed by atoms with Gasteiger partial charge in [0.1, 0.15) is 5.82 Å². The quantitative estimate of drug-likeness (QED) is 0.926. The van der Waals surface area contributed by atoms with Gasteiger partial charge in [-0.2, -0.15) is 10.2 Å². The van der Waals surface area contributed by atoms with Crippen LogP contribution in [0.3, 0.4) is 0 Å². The van der Waals surface area contributed by atoms with E-state index >= 15 is 0 Å². The van der Waals surface area contributed by atoms with Gasteiger partial charge in [-0.3, -0.25) is 9.48 Å². The average molecular weight is 299 g/mol. The molecule has 2 aromatic heterocycles. The zero-order valence-electron chi connectivity index (χ0n) is 13.0. The van der Waals surface area contributed by atoms with Gasteiger partial charge in [-0.1, -0.05) is 12.8 Å². The molecule has 1 aliphatic heterocycles. The van der Waals surface area contributed by atoms with Gasteiger partial charge < -0.3 is 5.32 Å². The monoisotopic (exact) mass is 299 g/mol. The van der Waals surface area contributed by atoms with Crippen LogP contribution in [0.2, 0.25) is 0 Å². The second kappa shape index (κ2) is 4.97. The summed E-state index contributed by atoms with van der Waals surface area (Å²) < 4.78 is 3.86. The van der Waals surface area contributed by atoms with E-state index in [0.717, 1.165) is 29.9 Å². The molecule has 6 heteroatoms. The Morgan fingerprint density at radius 2 is 2.09 bits per heavy atom. The van der Waals surface area contributed by atoms with Gasteiger partial charge >= 0.3 is 0 Å². The number of carbonyl (C=O) groups excluding carboxylic acids is 1. The number of anilines is 1. The molecule has 4 rings (SSSR count). The summed E-state index contributed by atoms with van der Waals surface area (Å²) in [5, 5.41) is 12.1.